The van der Waals surface area contributed by atoms with Crippen LogP contribution < -0.4 is 0 Å². The van der Waals surface area contributed by atoms with Gasteiger partial charge >= 0.3 is 0 Å². The fraction of sp³-hybridized carbons (Fsp3) is 1.00. The van der Waals surface area contributed by atoms with Gasteiger partial charge in [-0.3, -0.25) is 4.57 Å². The van der Waals surface area contributed by atoms with Crippen molar-refractivity contribution in [2.24, 2.45) is 0 Å². The summed E-state index contributed by atoms with van der Waals surface area (Å²) >= 11 is 0. The van der Waals surface area contributed by atoms with Crippen LogP contribution in [0.2, 0.25) is 0 Å². The zero-order valence-corrected chi connectivity index (χ0v) is 11.2. The fourth-order valence-electron chi connectivity index (χ4n) is 2.12. The molecule has 2 aliphatic rings. The summed E-state index contributed by atoms with van der Waals surface area (Å²) in [6, 6.07) is -1.14. The first-order chi connectivity index (χ1) is 7.99. The third kappa shape index (κ3) is 2.92. The molecule has 2 rings (SSSR count). The first-order valence-corrected chi connectivity index (χ1v) is 7.23. The average molecular weight is 264 g/mol. The van der Waals surface area contributed by atoms with Crippen molar-refractivity contribution >= 4 is 15.9 Å². The van der Waals surface area contributed by atoms with Gasteiger partial charge in [0.25, 0.3) is 0 Å². The molecule has 6 nitrogen and oxygen atoms in total. The second-order valence-electron chi connectivity index (χ2n) is 4.63. The van der Waals surface area contributed by atoms with Gasteiger partial charge in [-0.2, -0.15) is 0 Å². The molecule has 0 bridgehead atoms. The van der Waals surface area contributed by atoms with E-state index in [0.717, 1.165) is 0 Å². The summed E-state index contributed by atoms with van der Waals surface area (Å²) < 4.78 is 32.9. The van der Waals surface area contributed by atoms with E-state index in [1.165, 1.54) is 0 Å². The Bertz CT molecular complexity index is 301. The van der Waals surface area contributed by atoms with E-state index in [-0.39, 0.29) is 30.4 Å². The van der Waals surface area contributed by atoms with Crippen molar-refractivity contribution in [1.29, 1.82) is 0 Å². The molecule has 8 heteroatoms. The minimum absolute atomic E-state index is 0.114. The monoisotopic (exact) mass is 264 g/mol. The molecule has 2 saturated heterocycles. The van der Waals surface area contributed by atoms with Gasteiger partial charge in [0.1, 0.15) is 26.2 Å². The number of hydrogen-bond donors (Lipinski definition) is 1. The smallest absolute Gasteiger partial charge is 0.243 e. The van der Waals surface area contributed by atoms with Crippen molar-refractivity contribution < 1.29 is 28.4 Å². The van der Waals surface area contributed by atoms with Crippen LogP contribution in [0.1, 0.15) is 13.8 Å². The highest BCUT2D eigenvalue weighted by molar-refractivity contribution is 7.38. The molecule has 0 aromatic rings. The van der Waals surface area contributed by atoms with E-state index in [2.05, 4.69) is 0 Å². The fourth-order valence-corrected chi connectivity index (χ4v) is 2.66. The molecule has 0 aromatic carbocycles. The van der Waals surface area contributed by atoms with Gasteiger partial charge in [0.2, 0.25) is 14.1 Å². The van der Waals surface area contributed by atoms with E-state index in [1.807, 2.05) is 21.7 Å². The topological polar surface area (TPSA) is 74.2 Å². The minimum atomic E-state index is -2.82. The highest BCUT2D eigenvalue weighted by Gasteiger charge is 2.51. The molecule has 6 atom stereocenters. The van der Waals surface area contributed by atoms with E-state index in [1.54, 1.807) is 0 Å². The summed E-state index contributed by atoms with van der Waals surface area (Å²) in [5, 5.41) is 0. The number of rotatable bonds is 4. The van der Waals surface area contributed by atoms with Gasteiger partial charge in [-0.15, -0.1) is 0 Å². The van der Waals surface area contributed by atoms with E-state index >= 15 is 0 Å². The molecule has 2 aliphatic heterocycles. The van der Waals surface area contributed by atoms with Crippen LogP contribution in [0, 0.1) is 0 Å². The lowest BCUT2D eigenvalue weighted by atomic mass is 9.93. The second-order valence-corrected chi connectivity index (χ2v) is 5.78. The number of hydrogen-bond acceptors (Lipinski definition) is 5. The third-order valence-electron chi connectivity index (χ3n) is 2.90. The Balaban J connectivity index is 1.95. The average Bonchev–Trinajstić information content (AvgIpc) is 2.77. The predicted molar refractivity (Wildman–Crippen MR) is 63.0 cm³/mol. The Morgan fingerprint density at radius 1 is 1.35 bits per heavy atom. The molecular weight excluding hydrogens is 246 g/mol. The second kappa shape index (κ2) is 5.39. The normalized spacial score (nSPS) is 42.9. The maximum atomic E-state index is 11.0. The maximum Gasteiger partial charge on any atom is 0.243 e. The van der Waals surface area contributed by atoms with Gasteiger partial charge in [-0.1, -0.05) is 0 Å². The lowest BCUT2D eigenvalue weighted by Gasteiger charge is -2.19. The quantitative estimate of drug-likeness (QED) is 0.535. The lowest BCUT2D eigenvalue weighted by molar-refractivity contribution is -0.101. The van der Waals surface area contributed by atoms with Crippen LogP contribution in [0.3, 0.4) is 0 Å². The van der Waals surface area contributed by atoms with Crippen molar-refractivity contribution in [2.45, 2.75) is 50.3 Å². The molecule has 0 amide bonds. The Morgan fingerprint density at radius 2 is 2.00 bits per heavy atom. The van der Waals surface area contributed by atoms with Crippen molar-refractivity contribution in [2.75, 3.05) is 6.61 Å². The van der Waals surface area contributed by atoms with E-state index < -0.39 is 14.1 Å². The van der Waals surface area contributed by atoms with Crippen LogP contribution in [0.5, 0.6) is 0 Å². The molecule has 0 aromatic heterocycles. The Kier molecular flexibility index (Phi) is 4.28. The van der Waals surface area contributed by atoms with Gasteiger partial charge in [-0.25, -0.2) is 0 Å². The van der Waals surface area contributed by atoms with E-state index in [9.17, 15) is 4.57 Å². The molecule has 0 spiro atoms. The molecule has 1 N–H and O–H groups in total. The van der Waals surface area contributed by atoms with Gasteiger partial charge in [0.15, 0.2) is 0 Å². The van der Waals surface area contributed by atoms with Crippen LogP contribution >= 0.6 is 8.03 Å². The molecular formula is C9H18BO6P. The van der Waals surface area contributed by atoms with Gasteiger partial charge in [0.05, 0.1) is 18.7 Å². The summed E-state index contributed by atoms with van der Waals surface area (Å²) in [5.41, 5.74) is 0. The SMILES string of the molecule is B[C@@H]1O[C@H](COC(C)C)C2OC([PH](=O)O)O[C@@H]21. The minimum Gasteiger partial charge on any atom is -0.376 e. The summed E-state index contributed by atoms with van der Waals surface area (Å²) in [4.78, 5) is 9.02. The summed E-state index contributed by atoms with van der Waals surface area (Å²) in [7, 11) is -0.953. The first kappa shape index (κ1) is 13.5. The van der Waals surface area contributed by atoms with Gasteiger partial charge < -0.3 is 23.8 Å². The Labute approximate surface area is 102 Å². The van der Waals surface area contributed by atoms with Crippen LogP contribution in [-0.4, -0.2) is 55.8 Å². The summed E-state index contributed by atoms with van der Waals surface area (Å²) in [6.07, 6.45) is -0.705. The van der Waals surface area contributed by atoms with Gasteiger partial charge in [0, 0.05) is 0 Å². The molecule has 0 saturated carbocycles. The summed E-state index contributed by atoms with van der Waals surface area (Å²) in [5.74, 6) is 0. The predicted octanol–water partition coefficient (Wildman–Crippen LogP) is -0.696. The highest BCUT2D eigenvalue weighted by Crippen LogP contribution is 2.40. The largest absolute Gasteiger partial charge is 0.376 e. The third-order valence-corrected chi connectivity index (χ3v) is 3.57. The highest BCUT2D eigenvalue weighted by atomic mass is 31.1. The molecule has 3 unspecified atom stereocenters. The van der Waals surface area contributed by atoms with Crippen LogP contribution in [0.4, 0.5) is 0 Å². The van der Waals surface area contributed by atoms with E-state index in [4.69, 9.17) is 23.8 Å². The maximum absolute atomic E-state index is 11.0. The molecule has 17 heavy (non-hydrogen) atoms. The molecule has 98 valence electrons. The molecule has 0 aliphatic carbocycles. The molecule has 2 heterocycles. The number of ether oxygens (including phenoxy) is 4. The Morgan fingerprint density at radius 3 is 2.59 bits per heavy atom. The van der Waals surface area contributed by atoms with Crippen molar-refractivity contribution in [1.82, 2.24) is 0 Å². The van der Waals surface area contributed by atoms with Crippen molar-refractivity contribution in [3.63, 3.8) is 0 Å². The number of fused-ring (bicyclic) bond motifs is 1. The molecule has 2 fully saturated rings. The van der Waals surface area contributed by atoms with Crippen LogP contribution in [-0.2, 0) is 23.5 Å². The van der Waals surface area contributed by atoms with E-state index in [0.29, 0.717) is 6.61 Å². The summed E-state index contributed by atoms with van der Waals surface area (Å²) in [6.45, 7) is 4.29. The van der Waals surface area contributed by atoms with Gasteiger partial charge in [-0.05, 0) is 13.8 Å². The lowest BCUT2D eigenvalue weighted by Crippen LogP contribution is -2.32. The first-order valence-electron chi connectivity index (χ1n) is 5.80. The zero-order valence-electron chi connectivity index (χ0n) is 10.2. The van der Waals surface area contributed by atoms with Crippen LogP contribution in [0.15, 0.2) is 0 Å². The van der Waals surface area contributed by atoms with Crippen LogP contribution in [0.25, 0.3) is 0 Å². The Hall–Kier alpha value is 0.0949. The standard InChI is InChI=1S/C9H18BO6P/c1-4(2)13-3-5-6-7(8(10)14-5)16-9(15-6)17(11)12/h4-9,17H,3,10H2,1-2H3,(H,11,12)/t5-,6?,7+,8-,9?/m1/s1. The van der Waals surface area contributed by atoms with Crippen molar-refractivity contribution in [3.8, 4) is 0 Å². The zero-order chi connectivity index (χ0) is 12.6. The molecule has 0 radical (unpaired) electrons. The van der Waals surface area contributed by atoms with Crippen molar-refractivity contribution in [3.05, 3.63) is 0 Å².